The number of rotatable bonds is 6. The van der Waals surface area contributed by atoms with E-state index in [1.54, 1.807) is 6.08 Å². The van der Waals surface area contributed by atoms with Crippen LogP contribution in [0.4, 0.5) is 5.13 Å². The molecular formula is C19H17N3O2S. The zero-order valence-electron chi connectivity index (χ0n) is 13.7. The highest BCUT2D eigenvalue weighted by Crippen LogP contribution is 2.25. The minimum absolute atomic E-state index is 0.246. The molecule has 1 N–H and O–H groups in total. The number of nitrogens with one attached hydrogen (secondary N) is 1. The topological polar surface area (TPSA) is 64.1 Å². The average Bonchev–Trinajstić information content (AvgIpc) is 3.11. The van der Waals surface area contributed by atoms with Gasteiger partial charge in [0, 0.05) is 11.6 Å². The van der Waals surface area contributed by atoms with Gasteiger partial charge in [0.15, 0.2) is 0 Å². The van der Waals surface area contributed by atoms with Crippen LogP contribution in [-0.4, -0.2) is 22.7 Å². The molecule has 0 bridgehead atoms. The molecule has 25 heavy (non-hydrogen) atoms. The van der Waals surface area contributed by atoms with Gasteiger partial charge in [0.25, 0.3) is 0 Å². The third kappa shape index (κ3) is 4.74. The lowest BCUT2D eigenvalue weighted by Crippen LogP contribution is -2.07. The number of carbonyl (C=O) groups excluding carboxylic acids is 1. The first-order valence-electron chi connectivity index (χ1n) is 7.85. The highest BCUT2D eigenvalue weighted by molar-refractivity contribution is 7.18. The van der Waals surface area contributed by atoms with Gasteiger partial charge in [-0.3, -0.25) is 10.1 Å². The summed E-state index contributed by atoms with van der Waals surface area (Å²) in [6, 6.07) is 17.3. The van der Waals surface area contributed by atoms with Crippen molar-refractivity contribution in [2.45, 2.75) is 6.92 Å². The third-order valence-corrected chi connectivity index (χ3v) is 4.18. The molecule has 0 spiro atoms. The number of anilines is 1. The minimum Gasteiger partial charge on any atom is -0.494 e. The lowest BCUT2D eigenvalue weighted by molar-refractivity contribution is -0.111. The minimum atomic E-state index is -0.246. The van der Waals surface area contributed by atoms with E-state index in [1.165, 1.54) is 17.4 Å². The summed E-state index contributed by atoms with van der Waals surface area (Å²) in [6.45, 7) is 2.57. The molecule has 0 atom stereocenters. The Balaban J connectivity index is 1.60. The van der Waals surface area contributed by atoms with Crippen molar-refractivity contribution in [3.63, 3.8) is 0 Å². The van der Waals surface area contributed by atoms with Crippen LogP contribution < -0.4 is 10.1 Å². The number of ether oxygens (including phenoxy) is 1. The summed E-state index contributed by atoms with van der Waals surface area (Å²) < 4.78 is 5.39. The number of aromatic nitrogens is 2. The standard InChI is InChI=1S/C19H17N3O2S/c1-2-24-16-11-8-14(9-12-16)10-13-17(23)20-19-22-21-18(25-19)15-6-4-3-5-7-15/h3-13H,2H2,1H3,(H,20,22,23)/b13-10+. The monoisotopic (exact) mass is 351 g/mol. The Bertz CT molecular complexity index is 858. The molecule has 0 saturated heterocycles. The molecule has 0 saturated carbocycles. The van der Waals surface area contributed by atoms with Crippen molar-refractivity contribution in [1.82, 2.24) is 10.2 Å². The number of amides is 1. The van der Waals surface area contributed by atoms with Crippen LogP contribution in [0.3, 0.4) is 0 Å². The van der Waals surface area contributed by atoms with Gasteiger partial charge in [-0.05, 0) is 30.7 Å². The van der Waals surface area contributed by atoms with Crippen molar-refractivity contribution in [2.24, 2.45) is 0 Å². The summed E-state index contributed by atoms with van der Waals surface area (Å²) in [5.41, 5.74) is 1.89. The fourth-order valence-electron chi connectivity index (χ4n) is 2.13. The van der Waals surface area contributed by atoms with Crippen molar-refractivity contribution < 1.29 is 9.53 Å². The van der Waals surface area contributed by atoms with Crippen LogP contribution in [0.5, 0.6) is 5.75 Å². The van der Waals surface area contributed by atoms with Gasteiger partial charge in [-0.15, -0.1) is 10.2 Å². The van der Waals surface area contributed by atoms with Crippen LogP contribution in [-0.2, 0) is 4.79 Å². The summed E-state index contributed by atoms with van der Waals surface area (Å²) in [7, 11) is 0. The van der Waals surface area contributed by atoms with E-state index in [4.69, 9.17) is 4.74 Å². The fourth-order valence-corrected chi connectivity index (χ4v) is 2.88. The van der Waals surface area contributed by atoms with E-state index in [0.29, 0.717) is 11.7 Å². The van der Waals surface area contributed by atoms with Crippen molar-refractivity contribution in [2.75, 3.05) is 11.9 Å². The van der Waals surface area contributed by atoms with Gasteiger partial charge < -0.3 is 4.74 Å². The van der Waals surface area contributed by atoms with Crippen LogP contribution in [0, 0.1) is 0 Å². The van der Waals surface area contributed by atoms with Gasteiger partial charge in [-0.2, -0.15) is 0 Å². The molecule has 3 rings (SSSR count). The number of nitrogens with zero attached hydrogens (tertiary/aromatic N) is 2. The molecule has 6 heteroatoms. The van der Waals surface area contributed by atoms with E-state index >= 15 is 0 Å². The van der Waals surface area contributed by atoms with Gasteiger partial charge in [-0.25, -0.2) is 0 Å². The molecule has 0 unspecified atom stereocenters. The molecule has 5 nitrogen and oxygen atoms in total. The molecule has 3 aromatic rings. The number of hydrogen-bond acceptors (Lipinski definition) is 5. The molecule has 1 aromatic heterocycles. The van der Waals surface area contributed by atoms with Crippen LogP contribution in [0.1, 0.15) is 12.5 Å². The molecule has 0 aliphatic carbocycles. The highest BCUT2D eigenvalue weighted by atomic mass is 32.1. The highest BCUT2D eigenvalue weighted by Gasteiger charge is 2.07. The van der Waals surface area contributed by atoms with E-state index in [1.807, 2.05) is 61.5 Å². The maximum absolute atomic E-state index is 12.0. The SMILES string of the molecule is CCOc1ccc(/C=C/C(=O)Nc2nnc(-c3ccccc3)s2)cc1. The van der Waals surface area contributed by atoms with Gasteiger partial charge >= 0.3 is 0 Å². The Labute approximate surface area is 150 Å². The third-order valence-electron chi connectivity index (χ3n) is 3.29. The Morgan fingerprint density at radius 2 is 1.88 bits per heavy atom. The Morgan fingerprint density at radius 1 is 1.12 bits per heavy atom. The van der Waals surface area contributed by atoms with Crippen molar-refractivity contribution >= 4 is 28.5 Å². The van der Waals surface area contributed by atoms with Gasteiger partial charge in [0.05, 0.1) is 6.61 Å². The van der Waals surface area contributed by atoms with Gasteiger partial charge in [-0.1, -0.05) is 53.8 Å². The van der Waals surface area contributed by atoms with Crippen molar-refractivity contribution in [3.8, 4) is 16.3 Å². The molecule has 0 fully saturated rings. The van der Waals surface area contributed by atoms with E-state index in [0.717, 1.165) is 21.9 Å². The average molecular weight is 351 g/mol. The smallest absolute Gasteiger partial charge is 0.250 e. The van der Waals surface area contributed by atoms with Gasteiger partial charge in [0.2, 0.25) is 11.0 Å². The van der Waals surface area contributed by atoms with Gasteiger partial charge in [0.1, 0.15) is 10.8 Å². The summed E-state index contributed by atoms with van der Waals surface area (Å²) in [5, 5.41) is 12.1. The molecule has 1 heterocycles. The first-order valence-corrected chi connectivity index (χ1v) is 8.67. The molecule has 0 aliphatic rings. The summed E-state index contributed by atoms with van der Waals surface area (Å²) in [5.74, 6) is 0.566. The second kappa shape index (κ2) is 8.21. The Kier molecular flexibility index (Phi) is 5.53. The molecule has 126 valence electrons. The first-order chi connectivity index (χ1) is 12.2. The quantitative estimate of drug-likeness (QED) is 0.674. The lowest BCUT2D eigenvalue weighted by Gasteiger charge is -2.02. The first kappa shape index (κ1) is 16.9. The summed E-state index contributed by atoms with van der Waals surface area (Å²) in [6.07, 6.45) is 3.21. The van der Waals surface area contributed by atoms with E-state index < -0.39 is 0 Å². The van der Waals surface area contributed by atoms with Crippen LogP contribution in [0.2, 0.25) is 0 Å². The lowest BCUT2D eigenvalue weighted by atomic mass is 10.2. The molecule has 2 aromatic carbocycles. The fraction of sp³-hybridized carbons (Fsp3) is 0.105. The van der Waals surface area contributed by atoms with Crippen molar-refractivity contribution in [1.29, 1.82) is 0 Å². The largest absolute Gasteiger partial charge is 0.494 e. The predicted octanol–water partition coefficient (Wildman–Crippen LogP) is 4.26. The normalized spacial score (nSPS) is 10.8. The van der Waals surface area contributed by atoms with E-state index in [-0.39, 0.29) is 5.91 Å². The van der Waals surface area contributed by atoms with Crippen LogP contribution in [0.15, 0.2) is 60.7 Å². The molecule has 0 radical (unpaired) electrons. The maximum Gasteiger partial charge on any atom is 0.250 e. The number of benzene rings is 2. The Morgan fingerprint density at radius 3 is 2.60 bits per heavy atom. The zero-order valence-corrected chi connectivity index (χ0v) is 14.5. The zero-order chi connectivity index (χ0) is 17.5. The maximum atomic E-state index is 12.0. The number of carbonyl (C=O) groups is 1. The van der Waals surface area contributed by atoms with E-state index in [9.17, 15) is 4.79 Å². The summed E-state index contributed by atoms with van der Waals surface area (Å²) >= 11 is 1.34. The molecule has 0 aliphatic heterocycles. The Hall–Kier alpha value is -2.99. The number of hydrogen-bond donors (Lipinski definition) is 1. The second-order valence-electron chi connectivity index (χ2n) is 5.10. The van der Waals surface area contributed by atoms with E-state index in [2.05, 4.69) is 15.5 Å². The molecule has 1 amide bonds. The predicted molar refractivity (Wildman–Crippen MR) is 101 cm³/mol. The summed E-state index contributed by atoms with van der Waals surface area (Å²) in [4.78, 5) is 12.0. The molecular weight excluding hydrogens is 334 g/mol. The van der Waals surface area contributed by atoms with Crippen LogP contribution >= 0.6 is 11.3 Å². The second-order valence-corrected chi connectivity index (χ2v) is 6.08. The van der Waals surface area contributed by atoms with Crippen LogP contribution in [0.25, 0.3) is 16.6 Å². The van der Waals surface area contributed by atoms with Crippen molar-refractivity contribution in [3.05, 3.63) is 66.2 Å².